The maximum absolute atomic E-state index is 12.7. The Bertz CT molecular complexity index is 1000. The molecule has 0 aromatic heterocycles. The lowest BCUT2D eigenvalue weighted by Crippen LogP contribution is -2.37. The lowest BCUT2D eigenvalue weighted by molar-refractivity contribution is -0.119. The van der Waals surface area contributed by atoms with Crippen molar-refractivity contribution >= 4 is 5.78 Å². The van der Waals surface area contributed by atoms with Crippen LogP contribution < -0.4 is 0 Å². The molecular formula is C63H124N2O. The average Bonchev–Trinajstić information content (AvgIpc) is 3.85. The number of carbonyl (C=O) groups is 1. The van der Waals surface area contributed by atoms with Crippen molar-refractivity contribution < 1.29 is 4.79 Å². The second-order valence-corrected chi connectivity index (χ2v) is 21.7. The van der Waals surface area contributed by atoms with Crippen LogP contribution in [0.2, 0.25) is 0 Å². The summed E-state index contributed by atoms with van der Waals surface area (Å²) in [4.78, 5) is 18.3. The lowest BCUT2D eigenvalue weighted by Gasteiger charge is -2.36. The van der Waals surface area contributed by atoms with Gasteiger partial charge in [0.2, 0.25) is 0 Å². The number of ketones is 1. The highest BCUT2D eigenvalue weighted by atomic mass is 16.1. The Morgan fingerprint density at radius 2 is 0.848 bits per heavy atom. The SMILES string of the molecule is C=C(CCCCCCC)N(CCCN1CCCC1)C(CCCCCCCCC)CCCCCCCCC(=O)CCC(CCCC)CCCCCC.C=CCCC(CCCC)CCCCCC. The van der Waals surface area contributed by atoms with Crippen LogP contribution in [0.15, 0.2) is 24.9 Å². The van der Waals surface area contributed by atoms with Crippen LogP contribution in [0.25, 0.3) is 0 Å². The first kappa shape index (κ1) is 64.9. The highest BCUT2D eigenvalue weighted by Gasteiger charge is 2.21. The molecule has 3 unspecified atom stereocenters. The van der Waals surface area contributed by atoms with Crippen LogP contribution >= 0.6 is 0 Å². The van der Waals surface area contributed by atoms with Gasteiger partial charge in [-0.25, -0.2) is 0 Å². The summed E-state index contributed by atoms with van der Waals surface area (Å²) in [6, 6.07) is 0.674. The molecule has 0 aromatic carbocycles. The van der Waals surface area contributed by atoms with Crippen molar-refractivity contribution in [2.75, 3.05) is 26.2 Å². The zero-order chi connectivity index (χ0) is 48.4. The molecule has 1 fully saturated rings. The van der Waals surface area contributed by atoms with E-state index in [1.165, 1.54) is 295 Å². The van der Waals surface area contributed by atoms with Crippen LogP contribution in [0.4, 0.5) is 0 Å². The number of nitrogens with zero attached hydrogens (tertiary/aromatic N) is 2. The molecule has 0 spiro atoms. The van der Waals surface area contributed by atoms with Crippen LogP contribution in [0.3, 0.4) is 0 Å². The van der Waals surface area contributed by atoms with Crippen molar-refractivity contribution in [3.63, 3.8) is 0 Å². The van der Waals surface area contributed by atoms with Gasteiger partial charge >= 0.3 is 0 Å². The van der Waals surface area contributed by atoms with Gasteiger partial charge in [0, 0.05) is 31.1 Å². The zero-order valence-corrected chi connectivity index (χ0v) is 46.7. The van der Waals surface area contributed by atoms with E-state index in [9.17, 15) is 4.79 Å². The van der Waals surface area contributed by atoms with E-state index in [0.717, 1.165) is 37.5 Å². The van der Waals surface area contributed by atoms with Gasteiger partial charge in [-0.05, 0) is 102 Å². The predicted octanol–water partition coefficient (Wildman–Crippen LogP) is 21.1. The van der Waals surface area contributed by atoms with Gasteiger partial charge in [0.05, 0.1) is 0 Å². The van der Waals surface area contributed by atoms with Gasteiger partial charge in [0.15, 0.2) is 0 Å². The van der Waals surface area contributed by atoms with Gasteiger partial charge in [-0.1, -0.05) is 260 Å². The molecule has 1 saturated heterocycles. The van der Waals surface area contributed by atoms with Crippen molar-refractivity contribution in [1.82, 2.24) is 9.80 Å². The molecule has 3 atom stereocenters. The third kappa shape index (κ3) is 41.8. The van der Waals surface area contributed by atoms with Crippen LogP contribution in [-0.2, 0) is 4.79 Å². The van der Waals surface area contributed by atoms with Crippen LogP contribution in [-0.4, -0.2) is 47.8 Å². The van der Waals surface area contributed by atoms with E-state index in [-0.39, 0.29) is 0 Å². The van der Waals surface area contributed by atoms with E-state index in [1.54, 1.807) is 0 Å². The molecule has 0 N–H and O–H groups in total. The Hall–Kier alpha value is -1.09. The molecule has 0 aromatic rings. The van der Waals surface area contributed by atoms with Gasteiger partial charge in [0.25, 0.3) is 0 Å². The summed E-state index contributed by atoms with van der Waals surface area (Å²) in [5.41, 5.74) is 1.44. The number of Topliss-reactive ketones (excluding diaryl/α,β-unsaturated/α-hetero) is 1. The van der Waals surface area contributed by atoms with Crippen molar-refractivity contribution in [2.45, 2.75) is 337 Å². The Kier molecular flexibility index (Phi) is 50.9. The Labute approximate surface area is 418 Å². The average molecular weight is 926 g/mol. The molecule has 3 heteroatoms. The molecule has 392 valence electrons. The smallest absolute Gasteiger partial charge is 0.132 e. The Morgan fingerprint density at radius 3 is 1.33 bits per heavy atom. The highest BCUT2D eigenvalue weighted by Crippen LogP contribution is 2.27. The molecule has 3 nitrogen and oxygen atoms in total. The molecule has 1 aliphatic rings. The largest absolute Gasteiger partial charge is 0.372 e. The fraction of sp³-hybridized carbons (Fsp3) is 0.921. The van der Waals surface area contributed by atoms with Gasteiger partial charge in [-0.15, -0.1) is 6.58 Å². The lowest BCUT2D eigenvalue weighted by atomic mass is 9.90. The van der Waals surface area contributed by atoms with Crippen molar-refractivity contribution in [1.29, 1.82) is 0 Å². The predicted molar refractivity (Wildman–Crippen MR) is 300 cm³/mol. The van der Waals surface area contributed by atoms with Crippen molar-refractivity contribution in [3.8, 4) is 0 Å². The molecule has 1 aliphatic heterocycles. The Morgan fingerprint density at radius 1 is 0.455 bits per heavy atom. The summed E-state index contributed by atoms with van der Waals surface area (Å²) in [5.74, 6) is 2.29. The minimum Gasteiger partial charge on any atom is -0.372 e. The van der Waals surface area contributed by atoms with Gasteiger partial charge < -0.3 is 9.80 Å². The summed E-state index contributed by atoms with van der Waals surface area (Å²) in [5, 5.41) is 0. The number of unbranched alkanes of at least 4 members (excludes halogenated alkanes) is 23. The molecule has 0 amide bonds. The fourth-order valence-electron chi connectivity index (χ4n) is 10.8. The van der Waals surface area contributed by atoms with E-state index >= 15 is 0 Å². The number of allylic oxidation sites excluding steroid dienone is 2. The van der Waals surface area contributed by atoms with E-state index in [2.05, 4.69) is 64.0 Å². The van der Waals surface area contributed by atoms with Crippen molar-refractivity contribution in [2.24, 2.45) is 11.8 Å². The molecule has 0 radical (unpaired) electrons. The molecular weight excluding hydrogens is 801 g/mol. The van der Waals surface area contributed by atoms with Crippen LogP contribution in [0, 0.1) is 11.8 Å². The summed E-state index contributed by atoms with van der Waals surface area (Å²) in [6.07, 6.45) is 61.7. The molecule has 66 heavy (non-hydrogen) atoms. The zero-order valence-electron chi connectivity index (χ0n) is 46.7. The number of rotatable bonds is 51. The van der Waals surface area contributed by atoms with Gasteiger partial charge in [-0.2, -0.15) is 0 Å². The first-order valence-electron chi connectivity index (χ1n) is 30.7. The first-order chi connectivity index (χ1) is 32.4. The summed E-state index contributed by atoms with van der Waals surface area (Å²) in [6.45, 7) is 27.5. The third-order valence-electron chi connectivity index (χ3n) is 15.3. The second kappa shape index (κ2) is 51.8. The first-order valence-corrected chi connectivity index (χ1v) is 30.7. The van der Waals surface area contributed by atoms with Crippen LogP contribution in [0.5, 0.6) is 0 Å². The second-order valence-electron chi connectivity index (χ2n) is 21.7. The van der Waals surface area contributed by atoms with Crippen LogP contribution in [0.1, 0.15) is 330 Å². The van der Waals surface area contributed by atoms with E-state index in [0.29, 0.717) is 11.8 Å². The molecule has 1 heterocycles. The molecule has 0 saturated carbocycles. The maximum Gasteiger partial charge on any atom is 0.132 e. The number of hydrogen-bond donors (Lipinski definition) is 0. The van der Waals surface area contributed by atoms with Crippen molar-refractivity contribution in [3.05, 3.63) is 24.9 Å². The highest BCUT2D eigenvalue weighted by molar-refractivity contribution is 5.78. The topological polar surface area (TPSA) is 23.6 Å². The number of hydrogen-bond acceptors (Lipinski definition) is 3. The Balaban J connectivity index is 0.00000239. The molecule has 1 rings (SSSR count). The van der Waals surface area contributed by atoms with E-state index in [1.807, 2.05) is 0 Å². The summed E-state index contributed by atoms with van der Waals surface area (Å²) < 4.78 is 0. The monoisotopic (exact) mass is 925 g/mol. The summed E-state index contributed by atoms with van der Waals surface area (Å²) in [7, 11) is 0. The third-order valence-corrected chi connectivity index (χ3v) is 15.3. The van der Waals surface area contributed by atoms with E-state index < -0.39 is 0 Å². The number of likely N-dealkylation sites (tertiary alicyclic amines) is 1. The fourth-order valence-corrected chi connectivity index (χ4v) is 10.8. The maximum atomic E-state index is 12.7. The normalized spacial score (nSPS) is 14.2. The van der Waals surface area contributed by atoms with Gasteiger partial charge in [0.1, 0.15) is 5.78 Å². The minimum absolute atomic E-state index is 0.536. The quantitative estimate of drug-likeness (QED) is 0.0449. The summed E-state index contributed by atoms with van der Waals surface area (Å²) >= 11 is 0. The van der Waals surface area contributed by atoms with Gasteiger partial charge in [-0.3, -0.25) is 4.79 Å². The number of carbonyl (C=O) groups excluding carboxylic acids is 1. The molecule has 0 bridgehead atoms. The van der Waals surface area contributed by atoms with E-state index in [4.69, 9.17) is 6.58 Å². The minimum atomic E-state index is 0.536. The standard InChI is InChI=1S/C48H94N2O.C15H30/c1-6-10-14-17-18-22-27-36-47(50(44-32-43-49-41-30-31-42-49)45(5)33-25-21-15-11-7-2)37-28-23-19-20-24-29-38-48(51)40-39-46(34-13-9-4)35-26-16-12-8-3;1-4-7-10-11-14-15(12-8-5-2)13-9-6-3/h46-47H,5-44H2,1-4H3;5,15H,2,4,6-14H2,1,3H3. The molecule has 0 aliphatic carbocycles.